The number of benzene rings is 3. The fourth-order valence-electron chi connectivity index (χ4n) is 4.24. The molecule has 1 aromatic heterocycles. The summed E-state index contributed by atoms with van der Waals surface area (Å²) >= 11 is 3.38. The van der Waals surface area contributed by atoms with E-state index in [1.807, 2.05) is 48.5 Å². The number of hydrogen-bond acceptors (Lipinski definition) is 5. The number of furan rings is 1. The first-order valence-corrected chi connectivity index (χ1v) is 12.1. The molecule has 1 amide bonds. The van der Waals surface area contributed by atoms with Gasteiger partial charge in [0.2, 0.25) is 0 Å². The van der Waals surface area contributed by atoms with Crippen molar-refractivity contribution in [1.82, 2.24) is 4.90 Å². The normalized spacial score (nSPS) is 16.9. The van der Waals surface area contributed by atoms with Crippen molar-refractivity contribution in [3.63, 3.8) is 0 Å². The molecule has 180 valence electrons. The number of carbonyl (C=O) groups is 2. The summed E-state index contributed by atoms with van der Waals surface area (Å²) in [6.45, 7) is 0.449. The predicted molar refractivity (Wildman–Crippen MR) is 138 cm³/mol. The number of ketones is 1. The van der Waals surface area contributed by atoms with Crippen LogP contribution in [0.4, 0.5) is 0 Å². The second-order valence-corrected chi connectivity index (χ2v) is 9.28. The van der Waals surface area contributed by atoms with Gasteiger partial charge >= 0.3 is 0 Å². The van der Waals surface area contributed by atoms with E-state index in [1.165, 1.54) is 11.2 Å². The fraction of sp³-hybridized carbons (Fsp3) is 0.103. The van der Waals surface area contributed by atoms with Gasteiger partial charge in [0.05, 0.1) is 24.4 Å². The van der Waals surface area contributed by atoms with Gasteiger partial charge in [0, 0.05) is 10.0 Å². The molecule has 1 fully saturated rings. The maximum Gasteiger partial charge on any atom is 0.296 e. The van der Waals surface area contributed by atoms with E-state index >= 15 is 0 Å². The number of amides is 1. The molecule has 1 aliphatic heterocycles. The van der Waals surface area contributed by atoms with Gasteiger partial charge in [0.1, 0.15) is 23.9 Å². The molecule has 0 radical (unpaired) electrons. The second kappa shape index (κ2) is 10.3. The molecule has 4 aromatic rings. The Labute approximate surface area is 216 Å². The van der Waals surface area contributed by atoms with Crippen LogP contribution in [-0.2, 0) is 22.7 Å². The molecule has 1 N–H and O–H groups in total. The molecule has 1 saturated heterocycles. The van der Waals surface area contributed by atoms with Gasteiger partial charge in [-0.3, -0.25) is 9.59 Å². The van der Waals surface area contributed by atoms with Crippen LogP contribution in [0.15, 0.2) is 112 Å². The minimum Gasteiger partial charge on any atom is -0.507 e. The summed E-state index contributed by atoms with van der Waals surface area (Å²) in [4.78, 5) is 27.8. The molecule has 0 saturated carbocycles. The molecule has 1 aliphatic rings. The number of halogens is 1. The topological polar surface area (TPSA) is 80.0 Å². The lowest BCUT2D eigenvalue weighted by Gasteiger charge is -2.25. The van der Waals surface area contributed by atoms with Crippen LogP contribution in [0.3, 0.4) is 0 Å². The number of nitrogens with zero attached hydrogens (tertiary/aromatic N) is 1. The monoisotopic (exact) mass is 543 g/mol. The summed E-state index contributed by atoms with van der Waals surface area (Å²) < 4.78 is 12.3. The SMILES string of the molecule is O=C1C(=O)N(Cc2ccco2)C(c2cccc(OCc3ccccc3)c2)/C1=C(/O)c1ccc(Br)cc1. The summed E-state index contributed by atoms with van der Waals surface area (Å²) in [5.41, 5.74) is 2.12. The lowest BCUT2D eigenvalue weighted by Crippen LogP contribution is -2.29. The molecule has 1 unspecified atom stereocenters. The van der Waals surface area contributed by atoms with E-state index in [0.717, 1.165) is 10.0 Å². The number of carbonyl (C=O) groups excluding carboxylic acids is 2. The average Bonchev–Trinajstić information content (AvgIpc) is 3.51. The number of likely N-dealkylation sites (tertiary alicyclic amines) is 1. The van der Waals surface area contributed by atoms with Crippen LogP contribution in [0.5, 0.6) is 5.75 Å². The highest BCUT2D eigenvalue weighted by molar-refractivity contribution is 9.10. The number of ether oxygens (including phenoxy) is 1. The molecular weight excluding hydrogens is 522 g/mol. The zero-order chi connectivity index (χ0) is 25.1. The van der Waals surface area contributed by atoms with E-state index in [2.05, 4.69) is 15.9 Å². The number of aliphatic hydroxyl groups is 1. The van der Waals surface area contributed by atoms with Gasteiger partial charge in [0.25, 0.3) is 11.7 Å². The van der Waals surface area contributed by atoms with Crippen LogP contribution < -0.4 is 4.74 Å². The third-order valence-corrected chi connectivity index (χ3v) is 6.51. The van der Waals surface area contributed by atoms with Crippen molar-refractivity contribution >= 4 is 33.4 Å². The summed E-state index contributed by atoms with van der Waals surface area (Å²) in [5, 5.41) is 11.2. The Morgan fingerprint density at radius 2 is 1.72 bits per heavy atom. The van der Waals surface area contributed by atoms with E-state index in [9.17, 15) is 14.7 Å². The third-order valence-electron chi connectivity index (χ3n) is 5.99. The number of aliphatic hydroxyl groups excluding tert-OH is 1. The van der Waals surface area contributed by atoms with Crippen molar-refractivity contribution in [2.45, 2.75) is 19.2 Å². The van der Waals surface area contributed by atoms with Crippen molar-refractivity contribution < 1.29 is 23.8 Å². The largest absolute Gasteiger partial charge is 0.507 e. The molecular formula is C29H22BrNO5. The zero-order valence-electron chi connectivity index (χ0n) is 19.1. The van der Waals surface area contributed by atoms with Crippen molar-refractivity contribution in [3.8, 4) is 5.75 Å². The van der Waals surface area contributed by atoms with Gasteiger partial charge in [-0.25, -0.2) is 0 Å². The van der Waals surface area contributed by atoms with E-state index in [-0.39, 0.29) is 17.9 Å². The number of hydrogen-bond donors (Lipinski definition) is 1. The van der Waals surface area contributed by atoms with Crippen molar-refractivity contribution in [1.29, 1.82) is 0 Å². The third kappa shape index (κ3) is 4.83. The lowest BCUT2D eigenvalue weighted by molar-refractivity contribution is -0.140. The minimum atomic E-state index is -0.820. The van der Waals surface area contributed by atoms with Gasteiger partial charge in [-0.05, 0) is 47.5 Å². The number of Topliss-reactive ketones (excluding diaryl/α,β-unsaturated/α-hetero) is 1. The maximum absolute atomic E-state index is 13.2. The molecule has 0 spiro atoms. The molecule has 36 heavy (non-hydrogen) atoms. The summed E-state index contributed by atoms with van der Waals surface area (Å²) in [6.07, 6.45) is 1.51. The Morgan fingerprint density at radius 1 is 0.944 bits per heavy atom. The lowest BCUT2D eigenvalue weighted by atomic mass is 9.95. The second-order valence-electron chi connectivity index (χ2n) is 8.36. The predicted octanol–water partition coefficient (Wildman–Crippen LogP) is 6.24. The minimum absolute atomic E-state index is 0.0223. The zero-order valence-corrected chi connectivity index (χ0v) is 20.7. The van der Waals surface area contributed by atoms with Gasteiger partial charge in [-0.15, -0.1) is 0 Å². The van der Waals surface area contributed by atoms with E-state index in [0.29, 0.717) is 29.2 Å². The van der Waals surface area contributed by atoms with Crippen molar-refractivity contribution in [2.24, 2.45) is 0 Å². The summed E-state index contributed by atoms with van der Waals surface area (Å²) in [7, 11) is 0. The smallest absolute Gasteiger partial charge is 0.296 e. The van der Waals surface area contributed by atoms with Crippen molar-refractivity contribution in [2.75, 3.05) is 0 Å². The molecule has 0 aliphatic carbocycles. The van der Waals surface area contributed by atoms with E-state index in [1.54, 1.807) is 42.5 Å². The van der Waals surface area contributed by atoms with Crippen LogP contribution >= 0.6 is 15.9 Å². The first-order chi connectivity index (χ1) is 17.5. The van der Waals surface area contributed by atoms with Crippen LogP contribution in [0.25, 0.3) is 5.76 Å². The first kappa shape index (κ1) is 23.6. The molecule has 5 rings (SSSR count). The molecule has 1 atom stereocenters. The Morgan fingerprint density at radius 3 is 2.44 bits per heavy atom. The molecule has 6 nitrogen and oxygen atoms in total. The quantitative estimate of drug-likeness (QED) is 0.169. The standard InChI is InChI=1S/C29H22BrNO5/c30-22-13-11-20(12-14-22)27(32)25-26(31(29(34)28(25)33)17-24-10-5-15-35-24)21-8-4-9-23(16-21)36-18-19-6-2-1-3-7-19/h1-16,26,32H,17-18H2/b27-25-. The maximum atomic E-state index is 13.2. The molecule has 7 heteroatoms. The number of rotatable bonds is 7. The fourth-order valence-corrected chi connectivity index (χ4v) is 4.50. The van der Waals surface area contributed by atoms with Crippen LogP contribution in [-0.4, -0.2) is 21.7 Å². The van der Waals surface area contributed by atoms with Gasteiger partial charge in [-0.1, -0.05) is 70.5 Å². The highest BCUT2D eigenvalue weighted by Gasteiger charge is 2.46. The average molecular weight is 544 g/mol. The molecule has 2 heterocycles. The highest BCUT2D eigenvalue weighted by Crippen LogP contribution is 2.41. The van der Waals surface area contributed by atoms with E-state index in [4.69, 9.17) is 9.15 Å². The first-order valence-electron chi connectivity index (χ1n) is 11.3. The summed E-state index contributed by atoms with van der Waals surface area (Å²) in [6, 6.07) is 26.6. The van der Waals surface area contributed by atoms with Gasteiger partial charge in [0.15, 0.2) is 0 Å². The van der Waals surface area contributed by atoms with Gasteiger partial charge < -0.3 is 19.2 Å². The highest BCUT2D eigenvalue weighted by atomic mass is 79.9. The van der Waals surface area contributed by atoms with Crippen LogP contribution in [0.1, 0.15) is 28.5 Å². The summed E-state index contributed by atoms with van der Waals surface area (Å²) in [5.74, 6) is -0.567. The van der Waals surface area contributed by atoms with Crippen LogP contribution in [0, 0.1) is 0 Å². The van der Waals surface area contributed by atoms with Crippen LogP contribution in [0.2, 0.25) is 0 Å². The molecule has 0 bridgehead atoms. The Kier molecular flexibility index (Phi) is 6.73. The van der Waals surface area contributed by atoms with E-state index < -0.39 is 17.7 Å². The van der Waals surface area contributed by atoms with Gasteiger partial charge in [-0.2, -0.15) is 0 Å². The Hall–Kier alpha value is -4.10. The Bertz CT molecular complexity index is 1410. The molecule has 3 aromatic carbocycles. The van der Waals surface area contributed by atoms with Crippen molar-refractivity contribution in [3.05, 3.63) is 130 Å². The Balaban J connectivity index is 1.55.